The molecule has 30 heavy (non-hydrogen) atoms. The minimum absolute atomic E-state index is 0.104. The summed E-state index contributed by atoms with van der Waals surface area (Å²) >= 11 is 0. The molecule has 0 spiro atoms. The number of fused-ring (bicyclic) bond motifs is 5. The molecule has 2 N–H and O–H groups in total. The lowest BCUT2D eigenvalue weighted by atomic mass is 9.84. The van der Waals surface area contributed by atoms with Crippen LogP contribution in [0.1, 0.15) is 34.5 Å². The number of rotatable bonds is 3. The molecule has 0 saturated carbocycles. The van der Waals surface area contributed by atoms with Crippen LogP contribution in [0, 0.1) is 11.8 Å². The van der Waals surface area contributed by atoms with Gasteiger partial charge in [-0.2, -0.15) is 0 Å². The number of nitrogens with two attached hydrogens (primary N) is 1. The summed E-state index contributed by atoms with van der Waals surface area (Å²) in [6.07, 6.45) is 3.63. The number of ketones is 1. The number of anilines is 1. The van der Waals surface area contributed by atoms with Gasteiger partial charge in [0.25, 0.3) is 0 Å². The van der Waals surface area contributed by atoms with E-state index in [4.69, 9.17) is 5.73 Å². The first-order chi connectivity index (χ1) is 14.4. The maximum Gasteiger partial charge on any atom is 0.240 e. The first-order valence-electron chi connectivity index (χ1n) is 9.73. The molecule has 150 valence electrons. The largest absolute Gasteiger partial charge is 0.368 e. The highest BCUT2D eigenvalue weighted by Gasteiger charge is 2.64. The van der Waals surface area contributed by atoms with E-state index in [2.05, 4.69) is 0 Å². The fourth-order valence-corrected chi connectivity index (χ4v) is 4.98. The van der Waals surface area contributed by atoms with Crippen molar-refractivity contribution in [1.82, 2.24) is 4.90 Å². The molecule has 0 radical (unpaired) electrons. The van der Waals surface area contributed by atoms with Crippen LogP contribution in [-0.2, 0) is 14.4 Å². The van der Waals surface area contributed by atoms with Crippen molar-refractivity contribution in [2.45, 2.75) is 19.0 Å². The normalized spacial score (nSPS) is 26.4. The van der Waals surface area contributed by atoms with Crippen molar-refractivity contribution in [1.29, 1.82) is 0 Å². The zero-order valence-corrected chi connectivity index (χ0v) is 16.2. The number of hydrogen-bond donors (Lipinski definition) is 1. The van der Waals surface area contributed by atoms with Gasteiger partial charge in [-0.1, -0.05) is 24.3 Å². The average Bonchev–Trinajstić information content (AvgIpc) is 3.21. The molecule has 3 aliphatic heterocycles. The highest BCUT2D eigenvalue weighted by Crippen LogP contribution is 2.52. The Kier molecular flexibility index (Phi) is 3.89. The van der Waals surface area contributed by atoms with Crippen molar-refractivity contribution < 1.29 is 19.2 Å². The number of hydrogen-bond acceptors (Lipinski definition) is 5. The van der Waals surface area contributed by atoms with Gasteiger partial charge in [0.2, 0.25) is 17.7 Å². The summed E-state index contributed by atoms with van der Waals surface area (Å²) in [4.78, 5) is 53.6. The van der Waals surface area contributed by atoms with Gasteiger partial charge in [-0.3, -0.25) is 19.2 Å². The van der Waals surface area contributed by atoms with Crippen LogP contribution >= 0.6 is 0 Å². The molecule has 3 aliphatic rings. The molecular formula is C23H19N3O4. The lowest BCUT2D eigenvalue weighted by Gasteiger charge is -2.34. The van der Waals surface area contributed by atoms with E-state index in [0.717, 1.165) is 16.0 Å². The van der Waals surface area contributed by atoms with E-state index in [1.807, 2.05) is 30.3 Å². The van der Waals surface area contributed by atoms with E-state index in [1.54, 1.807) is 35.4 Å². The van der Waals surface area contributed by atoms with E-state index in [9.17, 15) is 19.2 Å². The number of nitrogens with zero attached hydrogens (tertiary/aromatic N) is 2. The Morgan fingerprint density at radius 1 is 0.933 bits per heavy atom. The van der Waals surface area contributed by atoms with Gasteiger partial charge in [0.15, 0.2) is 5.78 Å². The fourth-order valence-electron chi connectivity index (χ4n) is 4.98. The number of carbonyl (C=O) groups is 4. The van der Waals surface area contributed by atoms with Gasteiger partial charge >= 0.3 is 0 Å². The molecule has 0 aliphatic carbocycles. The van der Waals surface area contributed by atoms with Gasteiger partial charge in [-0.15, -0.1) is 0 Å². The third-order valence-electron chi connectivity index (χ3n) is 6.29. The van der Waals surface area contributed by atoms with Gasteiger partial charge in [-0.05, 0) is 48.4 Å². The molecule has 3 heterocycles. The van der Waals surface area contributed by atoms with E-state index in [0.29, 0.717) is 11.3 Å². The van der Waals surface area contributed by atoms with Gasteiger partial charge < -0.3 is 10.6 Å². The number of benzene rings is 2. The van der Waals surface area contributed by atoms with E-state index >= 15 is 0 Å². The summed E-state index contributed by atoms with van der Waals surface area (Å²) < 4.78 is 0. The van der Waals surface area contributed by atoms with Gasteiger partial charge in [-0.25, -0.2) is 4.90 Å². The van der Waals surface area contributed by atoms with Crippen molar-refractivity contribution >= 4 is 35.3 Å². The Bertz CT molecular complexity index is 1140. The molecule has 2 fully saturated rings. The molecule has 7 heteroatoms. The van der Waals surface area contributed by atoms with Crippen LogP contribution in [-0.4, -0.2) is 34.4 Å². The van der Waals surface area contributed by atoms with Crippen molar-refractivity contribution in [3.8, 4) is 0 Å². The Morgan fingerprint density at radius 3 is 2.27 bits per heavy atom. The SMILES string of the molecule is CC(=O)c1ccc(N2C(=O)C3C(C2=O)C2c4ccccc4C=CN2C3C(N)=O)cc1. The second kappa shape index (κ2) is 6.38. The fraction of sp³-hybridized carbons (Fsp3) is 0.217. The molecule has 3 amide bonds. The minimum Gasteiger partial charge on any atom is -0.368 e. The topological polar surface area (TPSA) is 101 Å². The van der Waals surface area contributed by atoms with E-state index in [1.165, 1.54) is 6.92 Å². The molecule has 4 unspecified atom stereocenters. The Morgan fingerprint density at radius 2 is 1.60 bits per heavy atom. The molecule has 0 bridgehead atoms. The average molecular weight is 401 g/mol. The lowest BCUT2D eigenvalue weighted by molar-refractivity contribution is -0.129. The Balaban J connectivity index is 1.60. The van der Waals surface area contributed by atoms with Crippen molar-refractivity contribution in [2.24, 2.45) is 17.6 Å². The van der Waals surface area contributed by atoms with Crippen molar-refractivity contribution in [2.75, 3.05) is 4.90 Å². The predicted octanol–water partition coefficient (Wildman–Crippen LogP) is 1.89. The molecule has 2 aromatic rings. The summed E-state index contributed by atoms with van der Waals surface area (Å²) in [6.45, 7) is 1.45. The van der Waals surface area contributed by atoms with Crippen molar-refractivity contribution in [3.05, 3.63) is 71.4 Å². The first kappa shape index (κ1) is 18.3. The maximum atomic E-state index is 13.5. The molecule has 2 saturated heterocycles. The zero-order chi connectivity index (χ0) is 21.2. The van der Waals surface area contributed by atoms with Crippen LogP contribution in [0.5, 0.6) is 0 Å². The second-order valence-corrected chi connectivity index (χ2v) is 7.85. The van der Waals surface area contributed by atoms with Crippen molar-refractivity contribution in [3.63, 3.8) is 0 Å². The molecule has 0 aromatic heterocycles. The number of carbonyl (C=O) groups excluding carboxylic acids is 4. The molecule has 2 aromatic carbocycles. The predicted molar refractivity (Wildman–Crippen MR) is 109 cm³/mol. The number of Topliss-reactive ketones (excluding diaryl/α,β-unsaturated/α-hetero) is 1. The maximum absolute atomic E-state index is 13.5. The van der Waals surface area contributed by atoms with Crippen LogP contribution in [0.4, 0.5) is 5.69 Å². The number of amides is 3. The zero-order valence-electron chi connectivity index (χ0n) is 16.2. The monoisotopic (exact) mass is 401 g/mol. The Hall–Kier alpha value is -3.74. The highest BCUT2D eigenvalue weighted by atomic mass is 16.2. The van der Waals surface area contributed by atoms with Crippen LogP contribution in [0.2, 0.25) is 0 Å². The summed E-state index contributed by atoms with van der Waals surface area (Å²) in [6, 6.07) is 12.6. The van der Waals surface area contributed by atoms with Crippen LogP contribution < -0.4 is 10.6 Å². The van der Waals surface area contributed by atoms with Crippen LogP contribution in [0.25, 0.3) is 6.08 Å². The summed E-state index contributed by atoms with van der Waals surface area (Å²) in [5, 5.41) is 0. The molecule has 7 nitrogen and oxygen atoms in total. The molecule has 5 rings (SSSR count). The summed E-state index contributed by atoms with van der Waals surface area (Å²) in [5.41, 5.74) is 8.42. The van der Waals surface area contributed by atoms with Gasteiger partial charge in [0.1, 0.15) is 6.04 Å². The quantitative estimate of drug-likeness (QED) is 0.625. The van der Waals surface area contributed by atoms with Gasteiger partial charge in [0, 0.05) is 11.8 Å². The lowest BCUT2D eigenvalue weighted by Crippen LogP contribution is -2.46. The Labute approximate surface area is 172 Å². The number of imide groups is 1. The minimum atomic E-state index is -0.900. The van der Waals surface area contributed by atoms with E-state index < -0.39 is 35.7 Å². The molecular weight excluding hydrogens is 382 g/mol. The third-order valence-corrected chi connectivity index (χ3v) is 6.29. The molecule has 4 atom stereocenters. The first-order valence-corrected chi connectivity index (χ1v) is 9.73. The number of primary amides is 1. The van der Waals surface area contributed by atoms with Crippen LogP contribution in [0.15, 0.2) is 54.7 Å². The third kappa shape index (κ3) is 2.38. The second-order valence-electron chi connectivity index (χ2n) is 7.85. The standard InChI is InChI=1S/C23H19N3O4/c1-12(27)13-6-8-15(9-7-13)26-22(29)17-18(23(26)30)20(21(24)28)25-11-10-14-4-2-3-5-16(14)19(17)25/h2-11,17-20H,1H3,(H2,24,28). The van der Waals surface area contributed by atoms with Crippen LogP contribution in [0.3, 0.4) is 0 Å². The van der Waals surface area contributed by atoms with E-state index in [-0.39, 0.29) is 11.7 Å². The summed E-state index contributed by atoms with van der Waals surface area (Å²) in [7, 11) is 0. The summed E-state index contributed by atoms with van der Waals surface area (Å²) in [5.74, 6) is -3.11. The smallest absolute Gasteiger partial charge is 0.240 e. The highest BCUT2D eigenvalue weighted by molar-refractivity contribution is 6.24. The van der Waals surface area contributed by atoms with Gasteiger partial charge in [0.05, 0.1) is 23.6 Å².